The average Bonchev–Trinajstić information content (AvgIpc) is 3.14. The molecule has 0 unspecified atom stereocenters. The van der Waals surface area contributed by atoms with Gasteiger partial charge in [0.05, 0.1) is 18.2 Å². The summed E-state index contributed by atoms with van der Waals surface area (Å²) in [6, 6.07) is 16.3. The molecule has 6 heteroatoms. The Morgan fingerprint density at radius 1 is 1.03 bits per heavy atom. The number of anilines is 1. The van der Waals surface area contributed by atoms with Gasteiger partial charge in [0.25, 0.3) is 5.91 Å². The lowest BCUT2D eigenvalue weighted by Gasteiger charge is -2.34. The smallest absolute Gasteiger partial charge is 0.257 e. The maximum Gasteiger partial charge on any atom is 0.257 e. The van der Waals surface area contributed by atoms with Crippen molar-refractivity contribution in [2.24, 2.45) is 0 Å². The van der Waals surface area contributed by atoms with E-state index in [4.69, 9.17) is 4.74 Å². The van der Waals surface area contributed by atoms with Crippen molar-refractivity contribution in [3.05, 3.63) is 59.7 Å². The molecule has 3 aliphatic heterocycles. The lowest BCUT2D eigenvalue weighted by atomic mass is 9.79. The van der Waals surface area contributed by atoms with Gasteiger partial charge in [0.15, 0.2) is 0 Å². The van der Waals surface area contributed by atoms with E-state index in [1.54, 1.807) is 7.11 Å². The maximum absolute atomic E-state index is 13.9. The summed E-state index contributed by atoms with van der Waals surface area (Å²) in [4.78, 5) is 30.9. The van der Waals surface area contributed by atoms with E-state index in [9.17, 15) is 9.59 Å². The molecule has 3 heterocycles. The van der Waals surface area contributed by atoms with Crippen LogP contribution in [0.1, 0.15) is 66.8 Å². The Balaban J connectivity index is 1.47. The van der Waals surface area contributed by atoms with Crippen LogP contribution in [0.15, 0.2) is 48.5 Å². The zero-order valence-corrected chi connectivity index (χ0v) is 20.1. The minimum atomic E-state index is -0.428. The lowest BCUT2D eigenvalue weighted by Crippen LogP contribution is -2.52. The molecule has 1 spiro atoms. The van der Waals surface area contributed by atoms with E-state index in [0.717, 1.165) is 38.0 Å². The van der Waals surface area contributed by atoms with Gasteiger partial charge in [-0.1, -0.05) is 36.8 Å². The third kappa shape index (κ3) is 4.38. The number of carbonyl (C=O) groups excluding carboxylic acids is 2. The molecular weight excluding hydrogens is 426 g/mol. The van der Waals surface area contributed by atoms with Crippen LogP contribution in [0, 0.1) is 0 Å². The van der Waals surface area contributed by atoms with E-state index < -0.39 is 5.54 Å². The predicted octanol–water partition coefficient (Wildman–Crippen LogP) is 4.35. The molecule has 34 heavy (non-hydrogen) atoms. The zero-order chi connectivity index (χ0) is 23.5. The Morgan fingerprint density at radius 2 is 1.82 bits per heavy atom. The molecule has 2 aromatic carbocycles. The van der Waals surface area contributed by atoms with E-state index in [1.807, 2.05) is 35.2 Å². The first-order valence-corrected chi connectivity index (χ1v) is 12.7. The average molecular weight is 462 g/mol. The number of piperidine rings is 1. The highest BCUT2D eigenvalue weighted by Crippen LogP contribution is 2.42. The Hall–Kier alpha value is -3.02. The van der Waals surface area contributed by atoms with Gasteiger partial charge in [0.1, 0.15) is 5.75 Å². The van der Waals surface area contributed by atoms with Crippen LogP contribution < -0.4 is 15.0 Å². The summed E-state index contributed by atoms with van der Waals surface area (Å²) >= 11 is 0. The quantitative estimate of drug-likeness (QED) is 0.735. The Kier molecular flexibility index (Phi) is 6.48. The van der Waals surface area contributed by atoms with Gasteiger partial charge in [-0.3, -0.25) is 9.59 Å². The van der Waals surface area contributed by atoms with Crippen LogP contribution in [0.3, 0.4) is 0 Å². The molecule has 180 valence electrons. The first-order valence-electron chi connectivity index (χ1n) is 12.7. The van der Waals surface area contributed by atoms with Crippen LogP contribution >= 0.6 is 0 Å². The fraction of sp³-hybridized carbons (Fsp3) is 0.500. The van der Waals surface area contributed by atoms with E-state index in [-0.39, 0.29) is 17.7 Å². The normalized spacial score (nSPS) is 25.2. The number of nitrogens with one attached hydrogen (secondary N) is 1. The number of rotatable bonds is 4. The molecule has 2 atom stereocenters. The molecule has 0 bridgehead atoms. The van der Waals surface area contributed by atoms with Crippen molar-refractivity contribution in [2.75, 3.05) is 38.2 Å². The van der Waals surface area contributed by atoms with E-state index in [0.29, 0.717) is 30.8 Å². The van der Waals surface area contributed by atoms with Crippen molar-refractivity contribution in [1.82, 2.24) is 10.2 Å². The maximum atomic E-state index is 13.9. The van der Waals surface area contributed by atoms with Gasteiger partial charge in [-0.2, -0.15) is 0 Å². The summed E-state index contributed by atoms with van der Waals surface area (Å²) in [5.74, 6) is 0.744. The summed E-state index contributed by atoms with van der Waals surface area (Å²) in [6.07, 6.45) is 6.95. The summed E-state index contributed by atoms with van der Waals surface area (Å²) < 4.78 is 5.62. The third-order valence-electron chi connectivity index (χ3n) is 7.83. The van der Waals surface area contributed by atoms with Crippen molar-refractivity contribution in [3.63, 3.8) is 0 Å². The molecule has 3 aliphatic rings. The van der Waals surface area contributed by atoms with Crippen molar-refractivity contribution < 1.29 is 14.3 Å². The molecule has 0 saturated carbocycles. The highest BCUT2D eigenvalue weighted by molar-refractivity contribution is 5.98. The lowest BCUT2D eigenvalue weighted by molar-refractivity contribution is -0.122. The van der Waals surface area contributed by atoms with Gasteiger partial charge in [0.2, 0.25) is 5.91 Å². The SMILES string of the molecule is COc1ccc(N2CCCCC2)cc1C(=O)N1C[C@@H](c2ccccc2)[C@@]2(CCCCC(=O)N2)C1. The molecule has 1 N–H and O–H groups in total. The second kappa shape index (κ2) is 9.69. The molecule has 3 fully saturated rings. The first-order chi connectivity index (χ1) is 16.6. The van der Waals surface area contributed by atoms with Gasteiger partial charge < -0.3 is 19.9 Å². The summed E-state index contributed by atoms with van der Waals surface area (Å²) in [5, 5.41) is 3.36. The zero-order valence-electron chi connectivity index (χ0n) is 20.1. The van der Waals surface area contributed by atoms with Crippen molar-refractivity contribution in [1.29, 1.82) is 0 Å². The molecule has 0 aromatic heterocycles. The monoisotopic (exact) mass is 461 g/mol. The molecule has 6 nitrogen and oxygen atoms in total. The first kappa shape index (κ1) is 22.8. The van der Waals surface area contributed by atoms with Gasteiger partial charge >= 0.3 is 0 Å². The fourth-order valence-electron chi connectivity index (χ4n) is 6.07. The van der Waals surface area contributed by atoms with Gasteiger partial charge in [0, 0.05) is 44.2 Å². The van der Waals surface area contributed by atoms with Crippen molar-refractivity contribution >= 4 is 17.5 Å². The summed E-state index contributed by atoms with van der Waals surface area (Å²) in [5.41, 5.74) is 2.44. The van der Waals surface area contributed by atoms with Crippen LogP contribution in [0.25, 0.3) is 0 Å². The van der Waals surface area contributed by atoms with Crippen LogP contribution in [-0.4, -0.2) is 55.5 Å². The molecule has 3 saturated heterocycles. The number of benzene rings is 2. The summed E-state index contributed by atoms with van der Waals surface area (Å²) in [7, 11) is 1.62. The molecule has 2 aromatic rings. The standard InChI is InChI=1S/C28H35N3O3/c1-34-25-14-13-22(30-16-8-3-9-17-30)18-23(25)27(33)31-19-24(21-10-4-2-5-11-21)28(20-31)15-7-6-12-26(32)29-28/h2,4-5,10-11,13-14,18,24H,3,6-9,12,15-17,19-20H2,1H3,(H,29,32)/t24-,28+/m0/s1. The molecule has 2 amide bonds. The fourth-order valence-corrected chi connectivity index (χ4v) is 6.07. The minimum Gasteiger partial charge on any atom is -0.496 e. The molecular formula is C28H35N3O3. The van der Waals surface area contributed by atoms with Crippen LogP contribution in [0.4, 0.5) is 5.69 Å². The number of methoxy groups -OCH3 is 1. The van der Waals surface area contributed by atoms with E-state index in [2.05, 4.69) is 28.4 Å². The molecule has 5 rings (SSSR count). The molecule has 0 radical (unpaired) electrons. The van der Waals surface area contributed by atoms with E-state index in [1.165, 1.54) is 24.8 Å². The third-order valence-corrected chi connectivity index (χ3v) is 7.83. The van der Waals surface area contributed by atoms with Crippen LogP contribution in [0.5, 0.6) is 5.75 Å². The number of hydrogen-bond acceptors (Lipinski definition) is 4. The second-order valence-corrected chi connectivity index (χ2v) is 9.99. The number of likely N-dealkylation sites (tertiary alicyclic amines) is 1. The van der Waals surface area contributed by atoms with Crippen molar-refractivity contribution in [2.45, 2.75) is 56.4 Å². The van der Waals surface area contributed by atoms with Gasteiger partial charge in [-0.05, 0) is 55.9 Å². The Bertz CT molecular complexity index is 1030. The minimum absolute atomic E-state index is 0.0213. The van der Waals surface area contributed by atoms with Crippen molar-refractivity contribution in [3.8, 4) is 5.75 Å². The second-order valence-electron chi connectivity index (χ2n) is 9.99. The highest BCUT2D eigenvalue weighted by atomic mass is 16.5. The van der Waals surface area contributed by atoms with E-state index >= 15 is 0 Å². The Labute approximate surface area is 202 Å². The van der Waals surface area contributed by atoms with Crippen LogP contribution in [0.2, 0.25) is 0 Å². The largest absolute Gasteiger partial charge is 0.496 e. The predicted molar refractivity (Wildman–Crippen MR) is 133 cm³/mol. The van der Waals surface area contributed by atoms with Gasteiger partial charge in [-0.15, -0.1) is 0 Å². The number of ether oxygens (including phenoxy) is 1. The molecule has 0 aliphatic carbocycles. The topological polar surface area (TPSA) is 61.9 Å². The number of nitrogens with zero attached hydrogens (tertiary/aromatic N) is 2. The Morgan fingerprint density at radius 3 is 2.59 bits per heavy atom. The number of hydrogen-bond donors (Lipinski definition) is 1. The van der Waals surface area contributed by atoms with Gasteiger partial charge in [-0.25, -0.2) is 0 Å². The highest BCUT2D eigenvalue weighted by Gasteiger charge is 2.50. The number of amides is 2. The number of carbonyl (C=O) groups is 2. The summed E-state index contributed by atoms with van der Waals surface area (Å²) in [6.45, 7) is 3.15. The van der Waals surface area contributed by atoms with Crippen LogP contribution in [-0.2, 0) is 4.79 Å².